The lowest BCUT2D eigenvalue weighted by molar-refractivity contribution is -0.121. The highest BCUT2D eigenvalue weighted by Crippen LogP contribution is 2.24. The Hall–Kier alpha value is -3.18. The Morgan fingerprint density at radius 1 is 0.917 bits per heavy atom. The fraction of sp³-hybridized carbons (Fsp3) is 0.0526. The predicted octanol–water partition coefficient (Wildman–Crippen LogP) is 2.30. The third-order valence-electron chi connectivity index (χ3n) is 4.30. The number of carbonyl (C=O) groups is 1. The van der Waals surface area contributed by atoms with Crippen molar-refractivity contribution in [1.29, 1.82) is 0 Å². The van der Waals surface area contributed by atoms with Gasteiger partial charge in [0.1, 0.15) is 6.54 Å². The van der Waals surface area contributed by atoms with Gasteiger partial charge < -0.3 is 4.57 Å². The van der Waals surface area contributed by atoms with Gasteiger partial charge in [-0.25, -0.2) is 5.84 Å². The molecular formula is C19H15N3O2. The lowest BCUT2D eigenvalue weighted by atomic mass is 10.0. The van der Waals surface area contributed by atoms with E-state index in [1.165, 1.54) is 0 Å². The molecule has 1 amide bonds. The van der Waals surface area contributed by atoms with Crippen LogP contribution in [0.25, 0.3) is 32.6 Å². The van der Waals surface area contributed by atoms with Crippen LogP contribution < -0.4 is 16.7 Å². The number of fused-ring (bicyclic) bond motifs is 3. The van der Waals surface area contributed by atoms with Crippen molar-refractivity contribution in [3.05, 3.63) is 70.9 Å². The Kier molecular flexibility index (Phi) is 3.29. The maximum Gasteiger partial charge on any atom is 0.253 e. The number of carbonyl (C=O) groups excluding carboxylic acids is 1. The zero-order valence-electron chi connectivity index (χ0n) is 12.8. The molecular weight excluding hydrogens is 302 g/mol. The number of amides is 1. The first-order valence-electron chi connectivity index (χ1n) is 7.62. The minimum atomic E-state index is -0.321. The van der Waals surface area contributed by atoms with Crippen molar-refractivity contribution in [2.24, 2.45) is 5.84 Å². The monoisotopic (exact) mass is 317 g/mol. The first-order chi connectivity index (χ1) is 11.7. The molecule has 1 aromatic heterocycles. The second-order valence-electron chi connectivity index (χ2n) is 5.72. The van der Waals surface area contributed by atoms with Gasteiger partial charge in [0.2, 0.25) is 0 Å². The normalized spacial score (nSPS) is 11.2. The third-order valence-corrected chi connectivity index (χ3v) is 4.30. The molecule has 1 heterocycles. The van der Waals surface area contributed by atoms with Crippen LogP contribution in [0.5, 0.6) is 0 Å². The van der Waals surface area contributed by atoms with E-state index in [0.717, 1.165) is 16.3 Å². The highest BCUT2D eigenvalue weighted by molar-refractivity contribution is 6.02. The van der Waals surface area contributed by atoms with E-state index in [0.29, 0.717) is 16.3 Å². The SMILES string of the molecule is NNC(=O)Cn1c2ccccc2c(=O)c2cc3ccccc3cc21. The molecule has 118 valence electrons. The molecule has 0 saturated heterocycles. The molecule has 0 saturated carbocycles. The lowest BCUT2D eigenvalue weighted by Gasteiger charge is -2.15. The summed E-state index contributed by atoms with van der Waals surface area (Å²) in [6.45, 7) is 0.0478. The summed E-state index contributed by atoms with van der Waals surface area (Å²) < 4.78 is 1.83. The number of para-hydroxylation sites is 1. The first-order valence-corrected chi connectivity index (χ1v) is 7.62. The Labute approximate surface area is 137 Å². The van der Waals surface area contributed by atoms with E-state index in [1.807, 2.05) is 59.2 Å². The molecule has 5 heteroatoms. The predicted molar refractivity (Wildman–Crippen MR) is 95.6 cm³/mol. The van der Waals surface area contributed by atoms with Crippen LogP contribution in [0.3, 0.4) is 0 Å². The number of hydrazine groups is 1. The van der Waals surface area contributed by atoms with E-state index >= 15 is 0 Å². The molecule has 0 aliphatic heterocycles. The fourth-order valence-electron chi connectivity index (χ4n) is 3.17. The van der Waals surface area contributed by atoms with Crippen LogP contribution in [0.1, 0.15) is 0 Å². The summed E-state index contributed by atoms with van der Waals surface area (Å²) >= 11 is 0. The van der Waals surface area contributed by atoms with E-state index in [9.17, 15) is 9.59 Å². The number of nitrogens with one attached hydrogen (secondary N) is 1. The van der Waals surface area contributed by atoms with E-state index in [-0.39, 0.29) is 17.9 Å². The lowest BCUT2D eigenvalue weighted by Crippen LogP contribution is -2.33. The molecule has 3 N–H and O–H groups in total. The number of pyridine rings is 1. The van der Waals surface area contributed by atoms with Crippen molar-refractivity contribution in [1.82, 2.24) is 9.99 Å². The molecule has 4 rings (SSSR count). The Balaban J connectivity index is 2.21. The average molecular weight is 317 g/mol. The highest BCUT2D eigenvalue weighted by atomic mass is 16.2. The molecule has 24 heavy (non-hydrogen) atoms. The van der Waals surface area contributed by atoms with E-state index < -0.39 is 0 Å². The van der Waals surface area contributed by atoms with Crippen LogP contribution in [-0.4, -0.2) is 10.5 Å². The molecule has 0 unspecified atom stereocenters. The van der Waals surface area contributed by atoms with Gasteiger partial charge in [0.05, 0.1) is 11.0 Å². The van der Waals surface area contributed by atoms with E-state index in [1.54, 1.807) is 6.07 Å². The van der Waals surface area contributed by atoms with Crippen molar-refractivity contribution < 1.29 is 4.79 Å². The Morgan fingerprint density at radius 3 is 2.33 bits per heavy atom. The highest BCUT2D eigenvalue weighted by Gasteiger charge is 2.13. The van der Waals surface area contributed by atoms with Crippen LogP contribution in [-0.2, 0) is 11.3 Å². The smallest absolute Gasteiger partial charge is 0.253 e. The average Bonchev–Trinajstić information content (AvgIpc) is 2.63. The second kappa shape index (κ2) is 5.47. The van der Waals surface area contributed by atoms with Crippen LogP contribution in [0.2, 0.25) is 0 Å². The van der Waals surface area contributed by atoms with Gasteiger partial charge in [0.15, 0.2) is 5.43 Å². The maximum atomic E-state index is 12.9. The molecule has 0 bridgehead atoms. The summed E-state index contributed by atoms with van der Waals surface area (Å²) in [6.07, 6.45) is 0. The van der Waals surface area contributed by atoms with Gasteiger partial charge >= 0.3 is 0 Å². The number of rotatable bonds is 2. The third kappa shape index (κ3) is 2.14. The summed E-state index contributed by atoms with van der Waals surface area (Å²) in [5, 5.41) is 3.19. The summed E-state index contributed by atoms with van der Waals surface area (Å²) in [5.41, 5.74) is 3.56. The van der Waals surface area contributed by atoms with Crippen molar-refractivity contribution >= 4 is 38.5 Å². The molecule has 4 aromatic rings. The van der Waals surface area contributed by atoms with Crippen molar-refractivity contribution in [3.8, 4) is 0 Å². The molecule has 3 aromatic carbocycles. The van der Waals surface area contributed by atoms with Gasteiger partial charge in [-0.1, -0.05) is 36.4 Å². The molecule has 0 aliphatic carbocycles. The zero-order valence-corrected chi connectivity index (χ0v) is 12.8. The number of nitrogens with zero attached hydrogens (tertiary/aromatic N) is 1. The molecule has 0 aliphatic rings. The minimum absolute atomic E-state index is 0.0317. The summed E-state index contributed by atoms with van der Waals surface area (Å²) in [6, 6.07) is 19.0. The zero-order chi connectivity index (χ0) is 16.7. The van der Waals surface area contributed by atoms with Crippen molar-refractivity contribution in [2.75, 3.05) is 0 Å². The number of hydrogen-bond acceptors (Lipinski definition) is 3. The standard InChI is InChI=1S/C19H15N3O2/c20-21-18(23)11-22-16-8-4-3-7-14(16)19(24)15-9-12-5-1-2-6-13(12)10-17(15)22/h1-10H,11,20H2,(H,21,23). The number of aromatic nitrogens is 1. The Bertz CT molecular complexity index is 1160. The van der Waals surface area contributed by atoms with Crippen LogP contribution in [0.4, 0.5) is 0 Å². The van der Waals surface area contributed by atoms with Crippen molar-refractivity contribution in [2.45, 2.75) is 6.54 Å². The Morgan fingerprint density at radius 2 is 1.58 bits per heavy atom. The number of nitrogens with two attached hydrogens (primary N) is 1. The van der Waals surface area contributed by atoms with Gasteiger partial charge in [-0.2, -0.15) is 0 Å². The van der Waals surface area contributed by atoms with Gasteiger partial charge in [0.25, 0.3) is 5.91 Å². The van der Waals surface area contributed by atoms with E-state index in [4.69, 9.17) is 5.84 Å². The fourth-order valence-corrected chi connectivity index (χ4v) is 3.17. The van der Waals surface area contributed by atoms with Gasteiger partial charge in [-0.05, 0) is 35.0 Å². The second-order valence-corrected chi connectivity index (χ2v) is 5.72. The minimum Gasteiger partial charge on any atom is -0.331 e. The van der Waals surface area contributed by atoms with Crippen LogP contribution in [0, 0.1) is 0 Å². The molecule has 0 spiro atoms. The molecule has 0 radical (unpaired) electrons. The largest absolute Gasteiger partial charge is 0.331 e. The molecule has 5 nitrogen and oxygen atoms in total. The summed E-state index contributed by atoms with van der Waals surface area (Å²) in [7, 11) is 0. The van der Waals surface area contributed by atoms with E-state index in [2.05, 4.69) is 5.43 Å². The van der Waals surface area contributed by atoms with Crippen molar-refractivity contribution in [3.63, 3.8) is 0 Å². The van der Waals surface area contributed by atoms with Crippen LogP contribution >= 0.6 is 0 Å². The molecule has 0 atom stereocenters. The topological polar surface area (TPSA) is 77.1 Å². The summed E-state index contributed by atoms with van der Waals surface area (Å²) in [4.78, 5) is 24.8. The summed E-state index contributed by atoms with van der Waals surface area (Å²) in [5.74, 6) is 4.93. The maximum absolute atomic E-state index is 12.9. The molecule has 0 fully saturated rings. The van der Waals surface area contributed by atoms with Gasteiger partial charge in [0, 0.05) is 10.8 Å². The first kappa shape index (κ1) is 14.4. The quantitative estimate of drug-likeness (QED) is 0.258. The number of hydrogen-bond donors (Lipinski definition) is 2. The number of benzene rings is 3. The van der Waals surface area contributed by atoms with Crippen LogP contribution in [0.15, 0.2) is 65.5 Å². The van der Waals surface area contributed by atoms with Gasteiger partial charge in [-0.3, -0.25) is 15.0 Å². The van der Waals surface area contributed by atoms with Gasteiger partial charge in [-0.15, -0.1) is 0 Å².